The van der Waals surface area contributed by atoms with Crippen LogP contribution in [0.3, 0.4) is 0 Å². The van der Waals surface area contributed by atoms with Crippen LogP contribution in [0.1, 0.15) is 23.7 Å². The van der Waals surface area contributed by atoms with Crippen LogP contribution in [0.4, 0.5) is 11.4 Å². The van der Waals surface area contributed by atoms with E-state index >= 15 is 0 Å². The molecule has 3 N–H and O–H groups in total. The van der Waals surface area contributed by atoms with Crippen LogP contribution >= 0.6 is 0 Å². The summed E-state index contributed by atoms with van der Waals surface area (Å²) >= 11 is 0. The SMILES string of the molecule is CCCN1CCN(c2cc(N)ccc2C(=O)NC)CC1. The Bertz CT molecular complexity index is 467. The average molecular weight is 276 g/mol. The van der Waals surface area contributed by atoms with E-state index in [2.05, 4.69) is 22.0 Å². The second kappa shape index (κ2) is 6.61. The van der Waals surface area contributed by atoms with Gasteiger partial charge in [0.05, 0.1) is 11.3 Å². The number of benzene rings is 1. The number of piperazine rings is 1. The Morgan fingerprint density at radius 2 is 2.00 bits per heavy atom. The van der Waals surface area contributed by atoms with Crippen molar-refractivity contribution in [3.63, 3.8) is 0 Å². The predicted octanol–water partition coefficient (Wildman–Crippen LogP) is 1.16. The van der Waals surface area contributed by atoms with Crippen LogP contribution in [0.25, 0.3) is 0 Å². The van der Waals surface area contributed by atoms with Crippen LogP contribution in [-0.4, -0.2) is 50.6 Å². The number of carbonyl (C=O) groups is 1. The number of hydrogen-bond donors (Lipinski definition) is 2. The Morgan fingerprint density at radius 1 is 1.30 bits per heavy atom. The number of anilines is 2. The van der Waals surface area contributed by atoms with E-state index < -0.39 is 0 Å². The van der Waals surface area contributed by atoms with Gasteiger partial charge in [0.2, 0.25) is 0 Å². The quantitative estimate of drug-likeness (QED) is 0.810. The molecule has 0 aromatic heterocycles. The lowest BCUT2D eigenvalue weighted by Gasteiger charge is -2.36. The molecular weight excluding hydrogens is 252 g/mol. The largest absolute Gasteiger partial charge is 0.399 e. The zero-order valence-corrected chi connectivity index (χ0v) is 12.4. The van der Waals surface area contributed by atoms with Crippen LogP contribution in [0, 0.1) is 0 Å². The minimum atomic E-state index is -0.0593. The summed E-state index contributed by atoms with van der Waals surface area (Å²) in [5.41, 5.74) is 8.22. The number of carbonyl (C=O) groups excluding carboxylic acids is 1. The van der Waals surface area contributed by atoms with E-state index in [9.17, 15) is 4.79 Å². The Balaban J connectivity index is 2.16. The predicted molar refractivity (Wildman–Crippen MR) is 83.2 cm³/mol. The van der Waals surface area contributed by atoms with Crippen molar-refractivity contribution in [1.82, 2.24) is 10.2 Å². The second-order valence-electron chi connectivity index (χ2n) is 5.18. The number of hydrogen-bond acceptors (Lipinski definition) is 4. The van der Waals surface area contributed by atoms with Crippen molar-refractivity contribution >= 4 is 17.3 Å². The molecular formula is C15H24N4O. The molecule has 1 saturated heterocycles. The number of nitrogens with zero attached hydrogens (tertiary/aromatic N) is 2. The van der Waals surface area contributed by atoms with Gasteiger partial charge in [0.1, 0.15) is 0 Å². The molecule has 20 heavy (non-hydrogen) atoms. The normalized spacial score (nSPS) is 16.2. The number of nitrogens with two attached hydrogens (primary N) is 1. The smallest absolute Gasteiger partial charge is 0.253 e. The Morgan fingerprint density at radius 3 is 2.60 bits per heavy atom. The van der Waals surface area contributed by atoms with Crippen molar-refractivity contribution < 1.29 is 4.79 Å². The van der Waals surface area contributed by atoms with E-state index in [0.717, 1.165) is 38.4 Å². The van der Waals surface area contributed by atoms with E-state index in [0.29, 0.717) is 11.3 Å². The summed E-state index contributed by atoms with van der Waals surface area (Å²) in [7, 11) is 1.65. The number of nitrogen functional groups attached to an aromatic ring is 1. The van der Waals surface area contributed by atoms with E-state index in [1.807, 2.05) is 12.1 Å². The molecule has 5 heteroatoms. The minimum absolute atomic E-state index is 0.0593. The van der Waals surface area contributed by atoms with Gasteiger partial charge in [-0.3, -0.25) is 9.69 Å². The van der Waals surface area contributed by atoms with E-state index in [1.165, 1.54) is 6.42 Å². The lowest BCUT2D eigenvalue weighted by atomic mass is 10.1. The van der Waals surface area contributed by atoms with Gasteiger partial charge in [-0.25, -0.2) is 0 Å². The molecule has 2 rings (SSSR count). The molecule has 0 spiro atoms. The first-order valence-electron chi connectivity index (χ1n) is 7.24. The maximum Gasteiger partial charge on any atom is 0.253 e. The first-order valence-corrected chi connectivity index (χ1v) is 7.24. The molecule has 0 unspecified atom stereocenters. The van der Waals surface area contributed by atoms with Crippen molar-refractivity contribution in [1.29, 1.82) is 0 Å². The lowest BCUT2D eigenvalue weighted by Crippen LogP contribution is -2.47. The molecule has 5 nitrogen and oxygen atoms in total. The highest BCUT2D eigenvalue weighted by atomic mass is 16.1. The Labute approximate surface area is 120 Å². The van der Waals surface area contributed by atoms with Gasteiger partial charge in [-0.15, -0.1) is 0 Å². The Kier molecular flexibility index (Phi) is 4.84. The monoisotopic (exact) mass is 276 g/mol. The van der Waals surface area contributed by atoms with Crippen molar-refractivity contribution in [3.8, 4) is 0 Å². The van der Waals surface area contributed by atoms with Crippen molar-refractivity contribution in [2.75, 3.05) is 50.4 Å². The summed E-state index contributed by atoms with van der Waals surface area (Å²) in [5.74, 6) is -0.0593. The third-order valence-corrected chi connectivity index (χ3v) is 3.75. The number of nitrogens with one attached hydrogen (secondary N) is 1. The molecule has 1 aromatic rings. The van der Waals surface area contributed by atoms with Gasteiger partial charge in [-0.1, -0.05) is 6.92 Å². The molecule has 1 aliphatic heterocycles. The van der Waals surface area contributed by atoms with Crippen LogP contribution in [-0.2, 0) is 0 Å². The Hall–Kier alpha value is -1.75. The molecule has 0 aliphatic carbocycles. The standard InChI is InChI=1S/C15H24N4O/c1-3-6-18-7-9-19(10-8-18)14-11-12(16)4-5-13(14)15(20)17-2/h4-5,11H,3,6-10,16H2,1-2H3,(H,17,20). The van der Waals surface area contributed by atoms with E-state index in [4.69, 9.17) is 5.73 Å². The van der Waals surface area contributed by atoms with Gasteiger partial charge < -0.3 is 16.0 Å². The molecule has 0 bridgehead atoms. The van der Waals surface area contributed by atoms with Gasteiger partial charge in [0.15, 0.2) is 0 Å². The van der Waals surface area contributed by atoms with Gasteiger partial charge in [-0.05, 0) is 31.2 Å². The van der Waals surface area contributed by atoms with Crippen LogP contribution in [0.15, 0.2) is 18.2 Å². The zero-order chi connectivity index (χ0) is 14.5. The maximum absolute atomic E-state index is 12.0. The summed E-state index contributed by atoms with van der Waals surface area (Å²) in [4.78, 5) is 16.7. The first kappa shape index (κ1) is 14.7. The fourth-order valence-corrected chi connectivity index (χ4v) is 2.67. The zero-order valence-electron chi connectivity index (χ0n) is 12.4. The molecule has 110 valence electrons. The first-order chi connectivity index (χ1) is 9.65. The summed E-state index contributed by atoms with van der Waals surface area (Å²) in [6.45, 7) is 7.30. The molecule has 1 amide bonds. The number of rotatable bonds is 4. The van der Waals surface area contributed by atoms with Gasteiger partial charge >= 0.3 is 0 Å². The van der Waals surface area contributed by atoms with Gasteiger partial charge in [0.25, 0.3) is 5.91 Å². The van der Waals surface area contributed by atoms with Gasteiger partial charge in [0, 0.05) is 38.9 Å². The number of amides is 1. The molecule has 1 fully saturated rings. The van der Waals surface area contributed by atoms with Crippen molar-refractivity contribution in [2.24, 2.45) is 0 Å². The van der Waals surface area contributed by atoms with Crippen LogP contribution in [0.2, 0.25) is 0 Å². The fourth-order valence-electron chi connectivity index (χ4n) is 2.67. The van der Waals surface area contributed by atoms with Crippen LogP contribution < -0.4 is 16.0 Å². The summed E-state index contributed by atoms with van der Waals surface area (Å²) in [6, 6.07) is 5.49. The highest BCUT2D eigenvalue weighted by Gasteiger charge is 2.21. The van der Waals surface area contributed by atoms with E-state index in [1.54, 1.807) is 13.1 Å². The summed E-state index contributed by atoms with van der Waals surface area (Å²) < 4.78 is 0. The average Bonchev–Trinajstić information content (AvgIpc) is 2.47. The summed E-state index contributed by atoms with van der Waals surface area (Å²) in [5, 5.41) is 2.69. The molecule has 0 atom stereocenters. The highest BCUT2D eigenvalue weighted by Crippen LogP contribution is 2.25. The fraction of sp³-hybridized carbons (Fsp3) is 0.533. The lowest BCUT2D eigenvalue weighted by molar-refractivity contribution is 0.0963. The molecule has 1 aromatic carbocycles. The molecule has 0 saturated carbocycles. The third kappa shape index (κ3) is 3.22. The molecule has 1 aliphatic rings. The molecule has 0 radical (unpaired) electrons. The molecule has 1 heterocycles. The van der Waals surface area contributed by atoms with Gasteiger partial charge in [-0.2, -0.15) is 0 Å². The van der Waals surface area contributed by atoms with Crippen molar-refractivity contribution in [3.05, 3.63) is 23.8 Å². The summed E-state index contributed by atoms with van der Waals surface area (Å²) in [6.07, 6.45) is 1.18. The maximum atomic E-state index is 12.0. The topological polar surface area (TPSA) is 61.6 Å². The highest BCUT2D eigenvalue weighted by molar-refractivity contribution is 6.00. The van der Waals surface area contributed by atoms with E-state index in [-0.39, 0.29) is 5.91 Å². The third-order valence-electron chi connectivity index (χ3n) is 3.75. The second-order valence-corrected chi connectivity index (χ2v) is 5.18. The van der Waals surface area contributed by atoms with Crippen molar-refractivity contribution in [2.45, 2.75) is 13.3 Å². The minimum Gasteiger partial charge on any atom is -0.399 e. The van der Waals surface area contributed by atoms with Crippen LogP contribution in [0.5, 0.6) is 0 Å².